The Bertz CT molecular complexity index is 723. The lowest BCUT2D eigenvalue weighted by atomic mass is 9.94. The van der Waals surface area contributed by atoms with Crippen LogP contribution >= 0.6 is 24.0 Å². The van der Waals surface area contributed by atoms with E-state index >= 15 is 0 Å². The maximum Gasteiger partial charge on any atom is 0.193 e. The Morgan fingerprint density at radius 1 is 1.23 bits per heavy atom. The Kier molecular flexibility index (Phi) is 10.4. The molecule has 2 fully saturated rings. The summed E-state index contributed by atoms with van der Waals surface area (Å²) in [5, 5.41) is 3.48. The minimum Gasteiger partial charge on any atom is -0.381 e. The first-order chi connectivity index (χ1) is 14.5. The molecule has 0 bridgehead atoms. The van der Waals surface area contributed by atoms with Gasteiger partial charge in [-0.05, 0) is 12.5 Å². The van der Waals surface area contributed by atoms with E-state index < -0.39 is 11.6 Å². The summed E-state index contributed by atoms with van der Waals surface area (Å²) in [4.78, 5) is 8.96. The van der Waals surface area contributed by atoms with Crippen LogP contribution in [0, 0.1) is 11.6 Å². The highest BCUT2D eigenvalue weighted by molar-refractivity contribution is 14.0. The van der Waals surface area contributed by atoms with Gasteiger partial charge in [-0.1, -0.05) is 13.0 Å². The third kappa shape index (κ3) is 6.49. The predicted molar refractivity (Wildman–Crippen MR) is 129 cm³/mol. The minimum atomic E-state index is -0.538. The predicted octanol–water partition coefficient (Wildman–Crippen LogP) is 3.42. The topological polar surface area (TPSA) is 49.3 Å². The largest absolute Gasteiger partial charge is 0.381 e. The molecule has 2 heterocycles. The number of nitrogens with one attached hydrogen (secondary N) is 1. The van der Waals surface area contributed by atoms with E-state index in [-0.39, 0.29) is 35.6 Å². The van der Waals surface area contributed by atoms with Gasteiger partial charge in [-0.2, -0.15) is 0 Å². The first-order valence-corrected chi connectivity index (χ1v) is 10.8. The highest BCUT2D eigenvalue weighted by Crippen LogP contribution is 2.28. The Labute approximate surface area is 201 Å². The molecule has 9 heteroatoms. The van der Waals surface area contributed by atoms with Crippen molar-refractivity contribution in [1.82, 2.24) is 15.1 Å². The third-order valence-corrected chi connectivity index (χ3v) is 6.38. The van der Waals surface area contributed by atoms with E-state index in [1.54, 1.807) is 20.2 Å². The van der Waals surface area contributed by atoms with Crippen LogP contribution in [0.2, 0.25) is 0 Å². The van der Waals surface area contributed by atoms with Crippen molar-refractivity contribution in [2.24, 2.45) is 4.99 Å². The lowest BCUT2D eigenvalue weighted by Crippen LogP contribution is -2.56. The molecule has 0 saturated carbocycles. The summed E-state index contributed by atoms with van der Waals surface area (Å²) < 4.78 is 38.9. The number of aliphatic imine (C=N–C) groups is 1. The monoisotopic (exact) mass is 552 g/mol. The molecule has 176 valence electrons. The number of benzene rings is 1. The lowest BCUT2D eigenvalue weighted by molar-refractivity contribution is -0.0858. The molecule has 1 N–H and O–H groups in total. The number of methoxy groups -OCH3 is 1. The molecule has 3 rings (SSSR count). The van der Waals surface area contributed by atoms with Crippen molar-refractivity contribution in [1.29, 1.82) is 0 Å². The minimum absolute atomic E-state index is 0. The summed E-state index contributed by atoms with van der Waals surface area (Å²) in [5.41, 5.74) is 0.347. The number of guanidine groups is 1. The summed E-state index contributed by atoms with van der Waals surface area (Å²) in [6.07, 6.45) is 2.50. The Morgan fingerprint density at radius 2 is 1.90 bits per heavy atom. The molecule has 0 aromatic heterocycles. The summed E-state index contributed by atoms with van der Waals surface area (Å²) in [7, 11) is 3.55. The zero-order valence-corrected chi connectivity index (χ0v) is 21.0. The van der Waals surface area contributed by atoms with Crippen LogP contribution < -0.4 is 5.32 Å². The Morgan fingerprint density at radius 3 is 2.45 bits per heavy atom. The van der Waals surface area contributed by atoms with Crippen molar-refractivity contribution in [3.05, 3.63) is 35.4 Å². The van der Waals surface area contributed by atoms with E-state index in [1.807, 2.05) is 6.92 Å². The van der Waals surface area contributed by atoms with Crippen LogP contribution in [0.15, 0.2) is 23.2 Å². The molecule has 1 unspecified atom stereocenters. The molecular weight excluding hydrogens is 517 g/mol. The first-order valence-electron chi connectivity index (χ1n) is 10.8. The molecule has 0 spiro atoms. The van der Waals surface area contributed by atoms with Gasteiger partial charge < -0.3 is 19.7 Å². The molecule has 1 atom stereocenters. The summed E-state index contributed by atoms with van der Waals surface area (Å²) >= 11 is 0. The Balaban J connectivity index is 0.00000341. The first kappa shape index (κ1) is 26.2. The highest BCUT2D eigenvalue weighted by atomic mass is 127. The van der Waals surface area contributed by atoms with E-state index in [0.717, 1.165) is 57.5 Å². The number of ether oxygens (including phenoxy) is 2. The molecule has 2 aliphatic heterocycles. The van der Waals surface area contributed by atoms with Crippen LogP contribution in [0.5, 0.6) is 0 Å². The third-order valence-electron chi connectivity index (χ3n) is 6.38. The zero-order chi connectivity index (χ0) is 21.6. The van der Waals surface area contributed by atoms with Crippen molar-refractivity contribution < 1.29 is 18.3 Å². The van der Waals surface area contributed by atoms with Gasteiger partial charge in [0.2, 0.25) is 0 Å². The average Bonchev–Trinajstić information content (AvgIpc) is 2.77. The maximum absolute atomic E-state index is 14.3. The fourth-order valence-electron chi connectivity index (χ4n) is 4.46. The van der Waals surface area contributed by atoms with Crippen LogP contribution in [0.25, 0.3) is 0 Å². The fourth-order valence-corrected chi connectivity index (χ4v) is 4.46. The second-order valence-electron chi connectivity index (χ2n) is 8.01. The van der Waals surface area contributed by atoms with Crippen LogP contribution in [0.3, 0.4) is 0 Å². The van der Waals surface area contributed by atoms with E-state index in [1.165, 1.54) is 6.07 Å². The smallest absolute Gasteiger partial charge is 0.193 e. The zero-order valence-electron chi connectivity index (χ0n) is 18.7. The van der Waals surface area contributed by atoms with Gasteiger partial charge in [0, 0.05) is 90.6 Å². The summed E-state index contributed by atoms with van der Waals surface area (Å²) in [6.45, 7) is 7.33. The molecule has 0 radical (unpaired) electrons. The van der Waals surface area contributed by atoms with Gasteiger partial charge in [-0.25, -0.2) is 8.78 Å². The SMILES string of the molecule is CCC(c1ccc(F)cc1F)N1CCN(C(=NC)NCC2(OC)CCOCC2)CC1.I. The number of rotatable bonds is 6. The molecule has 6 nitrogen and oxygen atoms in total. The molecule has 31 heavy (non-hydrogen) atoms. The fraction of sp³-hybridized carbons (Fsp3) is 0.682. The van der Waals surface area contributed by atoms with Gasteiger partial charge in [-0.15, -0.1) is 24.0 Å². The van der Waals surface area contributed by atoms with Crippen LogP contribution in [-0.4, -0.2) is 81.5 Å². The van der Waals surface area contributed by atoms with Gasteiger partial charge in [0.25, 0.3) is 0 Å². The standard InChI is InChI=1S/C22H34F2N4O2.HI/c1-4-20(18-6-5-17(23)15-19(18)24)27-9-11-28(12-10-27)21(25-2)26-16-22(29-3)7-13-30-14-8-22;/h5-6,15,20H,4,7-14,16H2,1-3H3,(H,25,26);1H. The molecule has 2 aliphatic rings. The summed E-state index contributed by atoms with van der Waals surface area (Å²) in [6, 6.07) is 3.83. The second-order valence-corrected chi connectivity index (χ2v) is 8.01. The van der Waals surface area contributed by atoms with Crippen LogP contribution in [0.4, 0.5) is 8.78 Å². The molecule has 1 aromatic carbocycles. The second kappa shape index (κ2) is 12.3. The van der Waals surface area contributed by atoms with Crippen molar-refractivity contribution in [3.8, 4) is 0 Å². The van der Waals surface area contributed by atoms with Crippen molar-refractivity contribution in [2.45, 2.75) is 37.8 Å². The van der Waals surface area contributed by atoms with E-state index in [4.69, 9.17) is 9.47 Å². The van der Waals surface area contributed by atoms with Gasteiger partial charge in [-0.3, -0.25) is 9.89 Å². The quantitative estimate of drug-likeness (QED) is 0.333. The normalized spacial score (nSPS) is 20.8. The van der Waals surface area contributed by atoms with E-state index in [9.17, 15) is 8.78 Å². The number of hydrogen-bond donors (Lipinski definition) is 1. The number of halogens is 3. The summed E-state index contributed by atoms with van der Waals surface area (Å²) in [5.74, 6) is -0.147. The molecular formula is C22H35F2IN4O2. The van der Waals surface area contributed by atoms with Crippen molar-refractivity contribution >= 4 is 29.9 Å². The number of hydrogen-bond acceptors (Lipinski definition) is 4. The Hall–Kier alpha value is -1.04. The maximum atomic E-state index is 14.3. The number of piperazine rings is 1. The van der Waals surface area contributed by atoms with Crippen molar-refractivity contribution in [3.63, 3.8) is 0 Å². The van der Waals surface area contributed by atoms with Gasteiger partial charge in [0.1, 0.15) is 11.6 Å². The van der Waals surface area contributed by atoms with E-state index in [2.05, 4.69) is 20.1 Å². The van der Waals surface area contributed by atoms with Gasteiger partial charge >= 0.3 is 0 Å². The number of nitrogens with zero attached hydrogens (tertiary/aromatic N) is 3. The van der Waals surface area contributed by atoms with Crippen molar-refractivity contribution in [2.75, 3.05) is 60.1 Å². The molecule has 1 aromatic rings. The highest BCUT2D eigenvalue weighted by Gasteiger charge is 2.33. The lowest BCUT2D eigenvalue weighted by Gasteiger charge is -2.41. The molecule has 0 amide bonds. The van der Waals surface area contributed by atoms with Gasteiger partial charge in [0.15, 0.2) is 5.96 Å². The molecule has 2 saturated heterocycles. The average molecular weight is 552 g/mol. The van der Waals surface area contributed by atoms with Crippen LogP contribution in [-0.2, 0) is 9.47 Å². The van der Waals surface area contributed by atoms with Gasteiger partial charge in [0.05, 0.1) is 5.60 Å². The molecule has 0 aliphatic carbocycles. The van der Waals surface area contributed by atoms with Crippen LogP contribution in [0.1, 0.15) is 37.8 Å². The van der Waals surface area contributed by atoms with E-state index in [0.29, 0.717) is 25.3 Å².